The van der Waals surface area contributed by atoms with Crippen molar-refractivity contribution in [1.82, 2.24) is 4.98 Å². The van der Waals surface area contributed by atoms with Crippen molar-refractivity contribution in [3.63, 3.8) is 0 Å². The fraction of sp³-hybridized carbons (Fsp3) is 0.0588. The SMILES string of the molecule is C=C(/C=C(/C#N)C=N)/C(N)=C/C=C\Cc1ccc2c(c1)oc1cc(-c3cccc(/C(C)=C/C(C#N)=C\N)n3)ccc12. The number of benzene rings is 2. The Hall–Kier alpha value is -5.92. The molecule has 2 heterocycles. The zero-order valence-electron chi connectivity index (χ0n) is 22.6. The Labute approximate surface area is 238 Å². The highest BCUT2D eigenvalue weighted by Crippen LogP contribution is 2.32. The number of aromatic nitrogens is 1. The van der Waals surface area contributed by atoms with Crippen LogP contribution in [0.25, 0.3) is 38.8 Å². The molecule has 0 fully saturated rings. The molecular weight excluding hydrogens is 508 g/mol. The molecule has 0 saturated heterocycles. The number of hydrogen-bond donors (Lipinski definition) is 3. The van der Waals surface area contributed by atoms with Crippen molar-refractivity contribution in [1.29, 1.82) is 15.9 Å². The molecule has 7 nitrogen and oxygen atoms in total. The Balaban J connectivity index is 1.55. The van der Waals surface area contributed by atoms with Gasteiger partial charge in [0.25, 0.3) is 0 Å². The van der Waals surface area contributed by atoms with E-state index in [1.165, 1.54) is 12.3 Å². The molecule has 4 aromatic rings. The highest BCUT2D eigenvalue weighted by molar-refractivity contribution is 6.06. The minimum atomic E-state index is 0.185. The molecular formula is C34H28N6O. The smallest absolute Gasteiger partial charge is 0.136 e. The summed E-state index contributed by atoms with van der Waals surface area (Å²) in [6, 6.07) is 22.0. The van der Waals surface area contributed by atoms with E-state index in [0.29, 0.717) is 23.3 Å². The van der Waals surface area contributed by atoms with Crippen LogP contribution >= 0.6 is 0 Å². The molecule has 0 saturated carbocycles. The Morgan fingerprint density at radius 1 is 1.02 bits per heavy atom. The molecule has 0 amide bonds. The number of fused-ring (bicyclic) bond motifs is 3. The van der Waals surface area contributed by atoms with Crippen LogP contribution in [0, 0.1) is 28.1 Å². The highest BCUT2D eigenvalue weighted by Gasteiger charge is 2.10. The van der Waals surface area contributed by atoms with Crippen LogP contribution in [0.1, 0.15) is 18.2 Å². The maximum Gasteiger partial charge on any atom is 0.136 e. The summed E-state index contributed by atoms with van der Waals surface area (Å²) in [4.78, 5) is 4.79. The predicted molar refractivity (Wildman–Crippen MR) is 165 cm³/mol. The van der Waals surface area contributed by atoms with Gasteiger partial charge in [-0.2, -0.15) is 10.5 Å². The van der Waals surface area contributed by atoms with Gasteiger partial charge in [-0.1, -0.05) is 43.0 Å². The third-order valence-corrected chi connectivity index (χ3v) is 6.42. The van der Waals surface area contributed by atoms with E-state index in [2.05, 4.69) is 24.8 Å². The molecule has 5 N–H and O–H groups in total. The second kappa shape index (κ2) is 12.8. The number of furan rings is 1. The second-order valence-corrected chi connectivity index (χ2v) is 9.25. The lowest BCUT2D eigenvalue weighted by atomic mass is 10.0. The number of hydrogen-bond acceptors (Lipinski definition) is 7. The lowest BCUT2D eigenvalue weighted by Gasteiger charge is -2.05. The van der Waals surface area contributed by atoms with Gasteiger partial charge in [0.15, 0.2) is 0 Å². The number of allylic oxidation sites excluding steroid dienone is 8. The maximum atomic E-state index is 9.16. The van der Waals surface area contributed by atoms with Crippen molar-refractivity contribution in [3.05, 3.63) is 131 Å². The third kappa shape index (κ3) is 6.57. The number of nitriles is 2. The molecule has 0 aliphatic rings. The Bertz CT molecular complexity index is 1900. The van der Waals surface area contributed by atoms with E-state index >= 15 is 0 Å². The molecule has 41 heavy (non-hydrogen) atoms. The van der Waals surface area contributed by atoms with E-state index in [4.69, 9.17) is 36.8 Å². The van der Waals surface area contributed by atoms with Gasteiger partial charge in [0, 0.05) is 34.4 Å². The average Bonchev–Trinajstić information content (AvgIpc) is 3.37. The van der Waals surface area contributed by atoms with Crippen LogP contribution in [-0.4, -0.2) is 11.2 Å². The summed E-state index contributed by atoms with van der Waals surface area (Å²) in [6.45, 7) is 5.74. The van der Waals surface area contributed by atoms with Gasteiger partial charge in [-0.25, -0.2) is 4.98 Å². The molecule has 0 aliphatic heterocycles. The highest BCUT2D eigenvalue weighted by atomic mass is 16.3. The Morgan fingerprint density at radius 3 is 2.46 bits per heavy atom. The summed E-state index contributed by atoms with van der Waals surface area (Å²) in [5.41, 5.74) is 19.0. The van der Waals surface area contributed by atoms with Gasteiger partial charge < -0.3 is 21.3 Å². The van der Waals surface area contributed by atoms with Gasteiger partial charge in [-0.3, -0.25) is 0 Å². The van der Waals surface area contributed by atoms with Crippen molar-refractivity contribution >= 4 is 33.7 Å². The van der Waals surface area contributed by atoms with Gasteiger partial charge in [0.2, 0.25) is 0 Å². The van der Waals surface area contributed by atoms with Crippen molar-refractivity contribution in [3.8, 4) is 23.4 Å². The summed E-state index contributed by atoms with van der Waals surface area (Å²) >= 11 is 0. The number of nitrogens with two attached hydrogens (primary N) is 2. The lowest BCUT2D eigenvalue weighted by molar-refractivity contribution is 0.668. The molecule has 0 atom stereocenters. The maximum absolute atomic E-state index is 9.16. The third-order valence-electron chi connectivity index (χ3n) is 6.42. The first kappa shape index (κ1) is 28.1. The predicted octanol–water partition coefficient (Wildman–Crippen LogP) is 7.01. The van der Waals surface area contributed by atoms with Crippen LogP contribution in [0.3, 0.4) is 0 Å². The fourth-order valence-electron chi connectivity index (χ4n) is 4.21. The van der Waals surface area contributed by atoms with E-state index in [1.54, 1.807) is 12.2 Å². The molecule has 7 heteroatoms. The molecule has 2 aromatic carbocycles. The molecule has 0 radical (unpaired) electrons. The molecule has 4 rings (SSSR count). The van der Waals surface area contributed by atoms with Crippen molar-refractivity contribution in [2.24, 2.45) is 11.5 Å². The van der Waals surface area contributed by atoms with Gasteiger partial charge in [-0.15, -0.1) is 0 Å². The van der Waals surface area contributed by atoms with Crippen LogP contribution < -0.4 is 11.5 Å². The Kier molecular flexibility index (Phi) is 8.74. The number of rotatable bonds is 9. The first-order valence-electron chi connectivity index (χ1n) is 12.7. The van der Waals surface area contributed by atoms with Gasteiger partial charge in [0.1, 0.15) is 23.3 Å². The molecule has 200 valence electrons. The molecule has 0 aliphatic carbocycles. The first-order chi connectivity index (χ1) is 19.9. The topological polar surface area (TPSA) is 150 Å². The van der Waals surface area contributed by atoms with Crippen LogP contribution in [0.4, 0.5) is 0 Å². The van der Waals surface area contributed by atoms with Gasteiger partial charge in [0.05, 0.1) is 22.5 Å². The zero-order chi connectivity index (χ0) is 29.4. The second-order valence-electron chi connectivity index (χ2n) is 9.25. The van der Waals surface area contributed by atoms with Crippen LogP contribution in [0.15, 0.2) is 125 Å². The fourth-order valence-corrected chi connectivity index (χ4v) is 4.21. The van der Waals surface area contributed by atoms with Crippen LogP contribution in [0.5, 0.6) is 0 Å². The first-order valence-corrected chi connectivity index (χ1v) is 12.7. The largest absolute Gasteiger partial charge is 0.456 e. The molecule has 0 bridgehead atoms. The summed E-state index contributed by atoms with van der Waals surface area (Å²) in [5.74, 6) is 0. The number of nitrogens with zero attached hydrogens (tertiary/aromatic N) is 3. The van der Waals surface area contributed by atoms with Gasteiger partial charge >= 0.3 is 0 Å². The number of pyridine rings is 1. The van der Waals surface area contributed by atoms with Crippen LogP contribution in [-0.2, 0) is 6.42 Å². The van der Waals surface area contributed by atoms with E-state index in [0.717, 1.165) is 56.2 Å². The van der Waals surface area contributed by atoms with Crippen LogP contribution in [0.2, 0.25) is 0 Å². The lowest BCUT2D eigenvalue weighted by Crippen LogP contribution is -1.98. The standard InChI is InChI=1S/C34H28N6O/c1-22(14-25(18-35)19-36)30(39)7-4-3-6-24-10-12-28-29-13-11-27(17-34(29)41-33(28)16-24)32-9-5-8-31(40-32)23(2)15-26(20-37)21-38/h3-5,7-18,20,35H,1,6,37,39H2,2H3/b4-3-,23-15+,25-14+,26-20+,30-7-,35-18?. The molecule has 0 spiro atoms. The van der Waals surface area contributed by atoms with E-state index in [1.807, 2.05) is 67.6 Å². The van der Waals surface area contributed by atoms with E-state index < -0.39 is 0 Å². The van der Waals surface area contributed by atoms with E-state index in [-0.39, 0.29) is 5.57 Å². The summed E-state index contributed by atoms with van der Waals surface area (Å²) < 4.78 is 6.23. The Morgan fingerprint density at radius 2 is 1.76 bits per heavy atom. The summed E-state index contributed by atoms with van der Waals surface area (Å²) in [6.07, 6.45) is 11.6. The average molecular weight is 537 g/mol. The van der Waals surface area contributed by atoms with Gasteiger partial charge in [-0.05, 0) is 78.6 Å². The minimum absolute atomic E-state index is 0.185. The van der Waals surface area contributed by atoms with Crippen molar-refractivity contribution < 1.29 is 4.42 Å². The molecule has 2 aromatic heterocycles. The molecule has 0 unspecified atom stereocenters. The van der Waals surface area contributed by atoms with Crippen molar-refractivity contribution in [2.45, 2.75) is 13.3 Å². The normalized spacial score (nSPS) is 13.0. The summed E-state index contributed by atoms with van der Waals surface area (Å²) in [5, 5.41) is 27.3. The minimum Gasteiger partial charge on any atom is -0.456 e. The summed E-state index contributed by atoms with van der Waals surface area (Å²) in [7, 11) is 0. The zero-order valence-corrected chi connectivity index (χ0v) is 22.6. The monoisotopic (exact) mass is 536 g/mol. The quantitative estimate of drug-likeness (QED) is 0.119. The van der Waals surface area contributed by atoms with E-state index in [9.17, 15) is 0 Å². The van der Waals surface area contributed by atoms with Crippen molar-refractivity contribution in [2.75, 3.05) is 0 Å². The number of nitrogens with one attached hydrogen (secondary N) is 1.